The third-order valence-corrected chi connectivity index (χ3v) is 6.23. The zero-order chi connectivity index (χ0) is 13.7. The second-order valence-electron chi connectivity index (χ2n) is 5.03. The highest BCUT2D eigenvalue weighted by Gasteiger charge is 2.26. The predicted molar refractivity (Wildman–Crippen MR) is 80.6 cm³/mol. The Bertz CT molecular complexity index is 510. The summed E-state index contributed by atoms with van der Waals surface area (Å²) in [4.78, 5) is 0. The number of sulfone groups is 1. The number of halogens is 1. The average molecular weight is 302 g/mol. The molecule has 1 aromatic rings. The van der Waals surface area contributed by atoms with Crippen molar-refractivity contribution in [1.29, 1.82) is 0 Å². The molecule has 1 aliphatic carbocycles. The minimum atomic E-state index is -2.97. The summed E-state index contributed by atoms with van der Waals surface area (Å²) in [5.74, 6) is 0.183. The summed E-state index contributed by atoms with van der Waals surface area (Å²) in [5, 5.41) is 3.59. The molecule has 0 amide bonds. The zero-order valence-electron chi connectivity index (χ0n) is 10.9. The van der Waals surface area contributed by atoms with E-state index in [2.05, 4.69) is 5.32 Å². The topological polar surface area (TPSA) is 46.2 Å². The van der Waals surface area contributed by atoms with Gasteiger partial charge in [0.25, 0.3) is 0 Å². The first-order chi connectivity index (χ1) is 9.09. The van der Waals surface area contributed by atoms with Gasteiger partial charge in [0.1, 0.15) is 0 Å². The largest absolute Gasteiger partial charge is 0.383 e. The Morgan fingerprint density at radius 1 is 1.16 bits per heavy atom. The van der Waals surface area contributed by atoms with Crippen molar-refractivity contribution in [2.75, 3.05) is 17.6 Å². The second-order valence-corrected chi connectivity index (χ2v) is 7.84. The van der Waals surface area contributed by atoms with Crippen LogP contribution in [0.1, 0.15) is 32.1 Å². The average Bonchev–Trinajstić information content (AvgIpc) is 2.42. The SMILES string of the molecule is O=S(=O)(CCNc1ccccc1Cl)C1CCCCC1. The van der Waals surface area contributed by atoms with Gasteiger partial charge in [0.15, 0.2) is 9.84 Å². The third kappa shape index (κ3) is 4.11. The molecule has 1 aromatic carbocycles. The van der Waals surface area contributed by atoms with Gasteiger partial charge >= 0.3 is 0 Å². The maximum Gasteiger partial charge on any atom is 0.154 e. The van der Waals surface area contributed by atoms with Crippen molar-refractivity contribution < 1.29 is 8.42 Å². The van der Waals surface area contributed by atoms with Crippen LogP contribution in [0.5, 0.6) is 0 Å². The van der Waals surface area contributed by atoms with Gasteiger partial charge < -0.3 is 5.32 Å². The lowest BCUT2D eigenvalue weighted by Crippen LogP contribution is -2.29. The van der Waals surface area contributed by atoms with Crippen LogP contribution in [0.25, 0.3) is 0 Å². The van der Waals surface area contributed by atoms with Crippen LogP contribution < -0.4 is 5.32 Å². The van der Waals surface area contributed by atoms with E-state index in [1.54, 1.807) is 6.07 Å². The lowest BCUT2D eigenvalue weighted by atomic mass is 10.0. The van der Waals surface area contributed by atoms with Crippen LogP contribution >= 0.6 is 11.6 Å². The van der Waals surface area contributed by atoms with E-state index >= 15 is 0 Å². The smallest absolute Gasteiger partial charge is 0.154 e. The molecule has 0 aromatic heterocycles. The zero-order valence-corrected chi connectivity index (χ0v) is 12.5. The highest BCUT2D eigenvalue weighted by atomic mass is 35.5. The fourth-order valence-corrected chi connectivity index (χ4v) is 4.50. The van der Waals surface area contributed by atoms with Gasteiger partial charge in [-0.2, -0.15) is 0 Å². The van der Waals surface area contributed by atoms with Crippen LogP contribution in [0.3, 0.4) is 0 Å². The quantitative estimate of drug-likeness (QED) is 0.905. The molecule has 0 radical (unpaired) electrons. The van der Waals surface area contributed by atoms with Gasteiger partial charge in [0, 0.05) is 6.54 Å². The monoisotopic (exact) mass is 301 g/mol. The van der Waals surface area contributed by atoms with Crippen molar-refractivity contribution in [3.8, 4) is 0 Å². The first kappa shape index (κ1) is 14.7. The van der Waals surface area contributed by atoms with Crippen molar-refractivity contribution in [2.24, 2.45) is 0 Å². The Kier molecular flexibility index (Phi) is 5.11. The van der Waals surface area contributed by atoms with Crippen LogP contribution in [0.15, 0.2) is 24.3 Å². The van der Waals surface area contributed by atoms with Gasteiger partial charge in [0.2, 0.25) is 0 Å². The van der Waals surface area contributed by atoms with Gasteiger partial charge in [-0.25, -0.2) is 8.42 Å². The lowest BCUT2D eigenvalue weighted by Gasteiger charge is -2.21. The number of hydrogen-bond acceptors (Lipinski definition) is 3. The summed E-state index contributed by atoms with van der Waals surface area (Å²) in [7, 11) is -2.97. The van der Waals surface area contributed by atoms with Gasteiger partial charge in [0.05, 0.1) is 21.7 Å². The molecule has 1 aliphatic rings. The van der Waals surface area contributed by atoms with E-state index in [9.17, 15) is 8.42 Å². The van der Waals surface area contributed by atoms with Crippen LogP contribution in [-0.4, -0.2) is 26.0 Å². The molecule has 5 heteroatoms. The molecule has 1 fully saturated rings. The number of rotatable bonds is 5. The van der Waals surface area contributed by atoms with Gasteiger partial charge in [-0.15, -0.1) is 0 Å². The molecule has 0 saturated heterocycles. The number of nitrogens with one attached hydrogen (secondary N) is 1. The Morgan fingerprint density at radius 3 is 2.53 bits per heavy atom. The standard InChI is InChI=1S/C14H20ClNO2S/c15-13-8-4-5-9-14(13)16-10-11-19(17,18)12-6-2-1-3-7-12/h4-5,8-9,12,16H,1-3,6-7,10-11H2. The highest BCUT2D eigenvalue weighted by Crippen LogP contribution is 2.24. The molecule has 1 saturated carbocycles. The fraction of sp³-hybridized carbons (Fsp3) is 0.571. The summed E-state index contributed by atoms with van der Waals surface area (Å²) in [6, 6.07) is 7.38. The van der Waals surface area contributed by atoms with E-state index in [1.165, 1.54) is 6.42 Å². The Labute approximate surface area is 120 Å². The summed E-state index contributed by atoms with van der Waals surface area (Å²) in [6.45, 7) is 0.419. The fourth-order valence-electron chi connectivity index (χ4n) is 2.52. The maximum absolute atomic E-state index is 12.2. The van der Waals surface area contributed by atoms with Crippen LogP contribution in [-0.2, 0) is 9.84 Å². The van der Waals surface area contributed by atoms with Crippen LogP contribution in [0, 0.1) is 0 Å². The van der Waals surface area contributed by atoms with E-state index in [-0.39, 0.29) is 11.0 Å². The van der Waals surface area contributed by atoms with E-state index in [1.807, 2.05) is 18.2 Å². The Morgan fingerprint density at radius 2 is 1.84 bits per heavy atom. The molecular formula is C14H20ClNO2S. The summed E-state index contributed by atoms with van der Waals surface area (Å²) in [5.41, 5.74) is 0.794. The van der Waals surface area contributed by atoms with Crippen molar-refractivity contribution in [2.45, 2.75) is 37.4 Å². The highest BCUT2D eigenvalue weighted by molar-refractivity contribution is 7.92. The van der Waals surface area contributed by atoms with Crippen molar-refractivity contribution in [3.63, 3.8) is 0 Å². The molecule has 0 aliphatic heterocycles. The summed E-state index contributed by atoms with van der Waals surface area (Å²) < 4.78 is 24.4. The van der Waals surface area contributed by atoms with E-state index in [0.29, 0.717) is 11.6 Å². The Balaban J connectivity index is 1.86. The molecule has 106 valence electrons. The van der Waals surface area contributed by atoms with E-state index < -0.39 is 9.84 Å². The number of benzene rings is 1. The molecule has 1 N–H and O–H groups in total. The molecule has 19 heavy (non-hydrogen) atoms. The summed E-state index contributed by atoms with van der Waals surface area (Å²) >= 11 is 6.01. The van der Waals surface area contributed by atoms with Crippen molar-refractivity contribution in [3.05, 3.63) is 29.3 Å². The first-order valence-corrected chi connectivity index (χ1v) is 8.89. The minimum absolute atomic E-state index is 0.130. The van der Waals surface area contributed by atoms with Crippen LogP contribution in [0.4, 0.5) is 5.69 Å². The molecule has 0 bridgehead atoms. The molecular weight excluding hydrogens is 282 g/mol. The molecule has 0 unspecified atom stereocenters. The number of para-hydroxylation sites is 1. The van der Waals surface area contributed by atoms with Crippen molar-refractivity contribution in [1.82, 2.24) is 0 Å². The van der Waals surface area contributed by atoms with E-state index in [0.717, 1.165) is 31.4 Å². The van der Waals surface area contributed by atoms with Crippen LogP contribution in [0.2, 0.25) is 5.02 Å². The normalized spacial score (nSPS) is 17.3. The molecule has 0 spiro atoms. The van der Waals surface area contributed by atoms with E-state index in [4.69, 9.17) is 11.6 Å². The maximum atomic E-state index is 12.2. The minimum Gasteiger partial charge on any atom is -0.383 e. The predicted octanol–water partition coefficient (Wildman–Crippen LogP) is 3.50. The third-order valence-electron chi connectivity index (χ3n) is 3.64. The number of hydrogen-bond donors (Lipinski definition) is 1. The van der Waals surface area contributed by atoms with Gasteiger partial charge in [-0.1, -0.05) is 43.0 Å². The van der Waals surface area contributed by atoms with Gasteiger partial charge in [-0.3, -0.25) is 0 Å². The first-order valence-electron chi connectivity index (χ1n) is 6.79. The Hall–Kier alpha value is -0.740. The number of anilines is 1. The lowest BCUT2D eigenvalue weighted by molar-refractivity contribution is 0.484. The second kappa shape index (κ2) is 6.62. The molecule has 3 nitrogen and oxygen atoms in total. The van der Waals surface area contributed by atoms with Crippen molar-refractivity contribution >= 4 is 27.1 Å². The summed E-state index contributed by atoms with van der Waals surface area (Å²) in [6.07, 6.45) is 4.91. The molecule has 0 heterocycles. The molecule has 2 rings (SSSR count). The molecule has 0 atom stereocenters. The van der Waals surface area contributed by atoms with Gasteiger partial charge in [-0.05, 0) is 25.0 Å².